The van der Waals surface area contributed by atoms with Crippen molar-refractivity contribution < 1.29 is 4.21 Å². The largest absolute Gasteiger partial charge is 0.355 e. The fourth-order valence-corrected chi connectivity index (χ4v) is 3.40. The molecule has 0 aliphatic carbocycles. The summed E-state index contributed by atoms with van der Waals surface area (Å²) in [7, 11) is 1.72. The highest BCUT2D eigenvalue weighted by Gasteiger charge is 2.23. The molecule has 1 fully saturated rings. The molecule has 3 rings (SSSR count). The maximum atomic E-state index is 11.8. The summed E-state index contributed by atoms with van der Waals surface area (Å²) in [5.41, 5.74) is 1.13. The Labute approximate surface area is 136 Å². The number of nitrogens with two attached hydrogens (primary N) is 1. The van der Waals surface area contributed by atoms with Gasteiger partial charge in [-0.15, -0.1) is 0 Å². The van der Waals surface area contributed by atoms with E-state index < -0.39 is 11.2 Å². The molecule has 0 aromatic carbocycles. The first-order chi connectivity index (χ1) is 11.1. The third-order valence-corrected chi connectivity index (χ3v) is 4.87. The Morgan fingerprint density at radius 1 is 1.43 bits per heavy atom. The van der Waals surface area contributed by atoms with Gasteiger partial charge in [-0.3, -0.25) is 9.55 Å². The van der Waals surface area contributed by atoms with Crippen LogP contribution in [-0.4, -0.2) is 43.4 Å². The molecule has 1 aliphatic heterocycles. The lowest BCUT2D eigenvalue weighted by Crippen LogP contribution is -2.36. The van der Waals surface area contributed by atoms with Gasteiger partial charge in [0.05, 0.1) is 0 Å². The molecule has 0 saturated carbocycles. The van der Waals surface area contributed by atoms with Crippen LogP contribution in [0.2, 0.25) is 0 Å². The Bertz CT molecular complexity index is 763. The Morgan fingerprint density at radius 3 is 2.87 bits per heavy atom. The zero-order chi connectivity index (χ0) is 16.4. The summed E-state index contributed by atoms with van der Waals surface area (Å²) in [6.45, 7) is 2.42. The fraction of sp³-hybridized carbons (Fsp3) is 0.615. The van der Waals surface area contributed by atoms with Crippen molar-refractivity contribution >= 4 is 28.2 Å². The Kier molecular flexibility index (Phi) is 4.74. The van der Waals surface area contributed by atoms with Crippen molar-refractivity contribution in [2.45, 2.75) is 19.3 Å². The minimum Gasteiger partial charge on any atom is -0.355 e. The van der Waals surface area contributed by atoms with Crippen LogP contribution < -0.4 is 20.5 Å². The van der Waals surface area contributed by atoms with E-state index in [1.54, 1.807) is 11.6 Å². The van der Waals surface area contributed by atoms with E-state index in [0.717, 1.165) is 43.7 Å². The topological polar surface area (TPSA) is 122 Å². The first-order valence-electron chi connectivity index (χ1n) is 7.60. The van der Waals surface area contributed by atoms with Gasteiger partial charge >= 0.3 is 5.69 Å². The van der Waals surface area contributed by atoms with Crippen molar-refractivity contribution in [1.29, 1.82) is 0 Å². The lowest BCUT2D eigenvalue weighted by Gasteiger charge is -2.33. The number of imidazole rings is 1. The number of anilines is 1. The van der Waals surface area contributed by atoms with E-state index in [-0.39, 0.29) is 5.69 Å². The molecule has 0 spiro atoms. The third kappa shape index (κ3) is 3.43. The molecule has 3 heterocycles. The smallest absolute Gasteiger partial charge is 0.327 e. The molecule has 0 bridgehead atoms. The number of fused-ring (bicyclic) bond motifs is 1. The summed E-state index contributed by atoms with van der Waals surface area (Å²) < 4.78 is 15.1. The van der Waals surface area contributed by atoms with Crippen LogP contribution in [0.3, 0.4) is 0 Å². The summed E-state index contributed by atoms with van der Waals surface area (Å²) in [5.74, 6) is 1.38. The summed E-state index contributed by atoms with van der Waals surface area (Å²) in [5, 5.41) is 5.18. The van der Waals surface area contributed by atoms with Gasteiger partial charge in [0.15, 0.2) is 22.6 Å². The maximum Gasteiger partial charge on any atom is 0.327 e. The minimum atomic E-state index is -1.44. The van der Waals surface area contributed by atoms with Crippen LogP contribution in [0.5, 0.6) is 0 Å². The number of piperidine rings is 1. The van der Waals surface area contributed by atoms with Crippen LogP contribution in [0.15, 0.2) is 11.1 Å². The molecule has 4 N–H and O–H groups in total. The number of H-pyrrole nitrogens is 1. The van der Waals surface area contributed by atoms with Gasteiger partial charge in [0.25, 0.3) is 0 Å². The number of aromatic amines is 1. The normalized spacial score (nSPS) is 17.7. The standard InChI is InChI=1S/C13H21N7O2S/c1-19-10-11(18-13(19)21)15-8-16-12(10)20-6-3-9(4-7-20)2-5-17-23(14)22/h8-9,17H,2-7,14H2,1H3,(H,15,16,18,21). The van der Waals surface area contributed by atoms with E-state index in [4.69, 9.17) is 5.14 Å². The molecule has 0 amide bonds. The van der Waals surface area contributed by atoms with Gasteiger partial charge in [-0.2, -0.15) is 0 Å². The van der Waals surface area contributed by atoms with Gasteiger partial charge in [-0.25, -0.2) is 28.8 Å². The van der Waals surface area contributed by atoms with E-state index in [1.807, 2.05) is 0 Å². The lowest BCUT2D eigenvalue weighted by molar-refractivity contribution is 0.382. The van der Waals surface area contributed by atoms with Crippen LogP contribution in [0, 0.1) is 5.92 Å². The van der Waals surface area contributed by atoms with Crippen molar-refractivity contribution in [3.8, 4) is 0 Å². The summed E-state index contributed by atoms with van der Waals surface area (Å²) in [6.07, 6.45) is 4.50. The first kappa shape index (κ1) is 16.1. The van der Waals surface area contributed by atoms with E-state index >= 15 is 0 Å². The van der Waals surface area contributed by atoms with Gasteiger partial charge in [-0.1, -0.05) is 0 Å². The fourth-order valence-electron chi connectivity index (χ4n) is 3.08. The maximum absolute atomic E-state index is 11.8. The lowest BCUT2D eigenvalue weighted by atomic mass is 9.93. The van der Waals surface area contributed by atoms with Gasteiger partial charge in [0.2, 0.25) is 0 Å². The SMILES string of the molecule is Cn1c(=O)[nH]c2ncnc(N3CCC(CCNS(N)=O)CC3)c21. The van der Waals surface area contributed by atoms with Crippen molar-refractivity contribution in [2.75, 3.05) is 24.5 Å². The van der Waals surface area contributed by atoms with Crippen molar-refractivity contribution in [3.05, 3.63) is 16.8 Å². The average molecular weight is 339 g/mol. The molecular formula is C13H21N7O2S. The van der Waals surface area contributed by atoms with E-state index in [0.29, 0.717) is 18.1 Å². The molecule has 2 aromatic heterocycles. The molecular weight excluding hydrogens is 318 g/mol. The Balaban J connectivity index is 1.68. The van der Waals surface area contributed by atoms with Crippen molar-refractivity contribution in [3.63, 3.8) is 0 Å². The Hall–Kier alpha value is -1.78. The number of rotatable bonds is 5. The Morgan fingerprint density at radius 2 is 2.17 bits per heavy atom. The molecule has 1 saturated heterocycles. The number of nitrogens with zero attached hydrogens (tertiary/aromatic N) is 4. The van der Waals surface area contributed by atoms with Gasteiger partial charge < -0.3 is 4.90 Å². The quantitative estimate of drug-likeness (QED) is 0.671. The molecule has 2 aromatic rings. The summed E-state index contributed by atoms with van der Waals surface area (Å²) >= 11 is -1.44. The molecule has 10 heteroatoms. The second-order valence-electron chi connectivity index (χ2n) is 5.79. The van der Waals surface area contributed by atoms with Crippen LogP contribution >= 0.6 is 0 Å². The predicted molar refractivity (Wildman–Crippen MR) is 89.0 cm³/mol. The second-order valence-corrected chi connectivity index (χ2v) is 6.68. The van der Waals surface area contributed by atoms with E-state index in [2.05, 4.69) is 24.6 Å². The zero-order valence-electron chi connectivity index (χ0n) is 13.0. The molecule has 0 radical (unpaired) electrons. The number of hydrogen-bond acceptors (Lipinski definition) is 5. The number of hydrogen-bond donors (Lipinski definition) is 3. The van der Waals surface area contributed by atoms with Gasteiger partial charge in [-0.05, 0) is 25.2 Å². The number of aromatic nitrogens is 4. The van der Waals surface area contributed by atoms with Crippen molar-refractivity contribution in [2.24, 2.45) is 18.1 Å². The zero-order valence-corrected chi connectivity index (χ0v) is 13.8. The summed E-state index contributed by atoms with van der Waals surface area (Å²) in [4.78, 5) is 25.2. The van der Waals surface area contributed by atoms with Crippen LogP contribution in [-0.2, 0) is 18.2 Å². The first-order valence-corrected chi connectivity index (χ1v) is 8.82. The highest BCUT2D eigenvalue weighted by molar-refractivity contribution is 7.80. The monoisotopic (exact) mass is 339 g/mol. The van der Waals surface area contributed by atoms with Crippen LogP contribution in [0.25, 0.3) is 11.2 Å². The van der Waals surface area contributed by atoms with Gasteiger partial charge in [0.1, 0.15) is 11.8 Å². The molecule has 1 aliphatic rings. The van der Waals surface area contributed by atoms with E-state index in [9.17, 15) is 9.00 Å². The number of aryl methyl sites for hydroxylation is 1. The van der Waals surface area contributed by atoms with Crippen LogP contribution in [0.4, 0.5) is 5.82 Å². The predicted octanol–water partition coefficient (Wildman–Crippen LogP) is -0.610. The summed E-state index contributed by atoms with van der Waals surface area (Å²) in [6, 6.07) is 0. The minimum absolute atomic E-state index is 0.183. The van der Waals surface area contributed by atoms with E-state index in [1.165, 1.54) is 6.33 Å². The second kappa shape index (κ2) is 6.77. The highest BCUT2D eigenvalue weighted by atomic mass is 32.2. The molecule has 23 heavy (non-hydrogen) atoms. The molecule has 126 valence electrons. The van der Waals surface area contributed by atoms with Gasteiger partial charge in [0, 0.05) is 26.7 Å². The number of nitrogens with one attached hydrogen (secondary N) is 2. The average Bonchev–Trinajstić information content (AvgIpc) is 2.83. The molecule has 1 atom stereocenters. The molecule has 9 nitrogen and oxygen atoms in total. The highest BCUT2D eigenvalue weighted by Crippen LogP contribution is 2.27. The van der Waals surface area contributed by atoms with Crippen molar-refractivity contribution in [1.82, 2.24) is 24.2 Å². The van der Waals surface area contributed by atoms with Crippen LogP contribution in [0.1, 0.15) is 19.3 Å². The third-order valence-electron chi connectivity index (χ3n) is 4.38. The molecule has 1 unspecified atom stereocenters.